The van der Waals surface area contributed by atoms with Crippen LogP contribution in [0.15, 0.2) is 70.2 Å². The van der Waals surface area contributed by atoms with E-state index in [0.29, 0.717) is 24.0 Å². The molecule has 2 aromatic carbocycles. The van der Waals surface area contributed by atoms with Crippen LogP contribution in [0.5, 0.6) is 5.75 Å². The predicted octanol–water partition coefficient (Wildman–Crippen LogP) is 3.28. The zero-order valence-electron chi connectivity index (χ0n) is 13.3. The van der Waals surface area contributed by atoms with E-state index in [1.807, 2.05) is 60.7 Å². The average Bonchev–Trinajstić information content (AvgIpc) is 3.10. The van der Waals surface area contributed by atoms with Crippen LogP contribution >= 0.6 is 0 Å². The van der Waals surface area contributed by atoms with Gasteiger partial charge in [-0.15, -0.1) is 0 Å². The van der Waals surface area contributed by atoms with Crippen LogP contribution in [0.3, 0.4) is 0 Å². The number of nitrogens with two attached hydrogens (primary N) is 1. The summed E-state index contributed by atoms with van der Waals surface area (Å²) in [7, 11) is 1.62. The van der Waals surface area contributed by atoms with Gasteiger partial charge in [-0.1, -0.05) is 35.5 Å². The largest absolute Gasteiger partial charge is 0.497 e. The predicted molar refractivity (Wildman–Crippen MR) is 93.9 cm³/mol. The van der Waals surface area contributed by atoms with E-state index in [2.05, 4.69) is 15.5 Å². The lowest BCUT2D eigenvalue weighted by Gasteiger charge is -2.06. The fraction of sp³-hybridized carbons (Fsp3) is 0.111. The van der Waals surface area contributed by atoms with Gasteiger partial charge < -0.3 is 20.3 Å². The van der Waals surface area contributed by atoms with Crippen molar-refractivity contribution in [1.82, 2.24) is 5.16 Å². The number of rotatable bonds is 5. The summed E-state index contributed by atoms with van der Waals surface area (Å²) in [4.78, 5) is 4.27. The molecule has 0 radical (unpaired) electrons. The molecule has 0 unspecified atom stereocenters. The van der Waals surface area contributed by atoms with E-state index < -0.39 is 0 Å². The van der Waals surface area contributed by atoms with Crippen LogP contribution in [0.2, 0.25) is 0 Å². The third kappa shape index (κ3) is 3.92. The van der Waals surface area contributed by atoms with Gasteiger partial charge >= 0.3 is 0 Å². The maximum atomic E-state index is 5.89. The number of nitrogens with one attached hydrogen (secondary N) is 1. The van der Waals surface area contributed by atoms with Gasteiger partial charge in [-0.3, -0.25) is 0 Å². The molecule has 24 heavy (non-hydrogen) atoms. The number of aliphatic imine (C=N–C) groups is 1. The Morgan fingerprint density at radius 2 is 1.92 bits per heavy atom. The van der Waals surface area contributed by atoms with Crippen molar-refractivity contribution >= 4 is 11.6 Å². The first-order valence-electron chi connectivity index (χ1n) is 7.46. The number of guanidine groups is 1. The van der Waals surface area contributed by atoms with E-state index in [0.717, 1.165) is 17.0 Å². The highest BCUT2D eigenvalue weighted by Gasteiger charge is 2.06. The molecule has 0 spiro atoms. The van der Waals surface area contributed by atoms with Gasteiger partial charge in [-0.25, -0.2) is 4.99 Å². The van der Waals surface area contributed by atoms with Crippen molar-refractivity contribution in [3.63, 3.8) is 0 Å². The Labute approximate surface area is 140 Å². The van der Waals surface area contributed by atoms with E-state index in [1.165, 1.54) is 0 Å². The first-order chi connectivity index (χ1) is 11.7. The second kappa shape index (κ2) is 7.32. The lowest BCUT2D eigenvalue weighted by Crippen LogP contribution is -2.22. The molecule has 3 rings (SSSR count). The van der Waals surface area contributed by atoms with Gasteiger partial charge in [-0.05, 0) is 24.3 Å². The Hall–Kier alpha value is -3.28. The lowest BCUT2D eigenvalue weighted by molar-refractivity contribution is 0.415. The Bertz CT molecular complexity index is 811. The summed E-state index contributed by atoms with van der Waals surface area (Å²) >= 11 is 0. The Morgan fingerprint density at radius 3 is 2.62 bits per heavy atom. The topological polar surface area (TPSA) is 85.7 Å². The summed E-state index contributed by atoms with van der Waals surface area (Å²) < 4.78 is 10.4. The molecule has 0 aliphatic rings. The minimum Gasteiger partial charge on any atom is -0.497 e. The van der Waals surface area contributed by atoms with Gasteiger partial charge in [0, 0.05) is 17.3 Å². The van der Waals surface area contributed by atoms with Crippen molar-refractivity contribution in [2.24, 2.45) is 10.7 Å². The van der Waals surface area contributed by atoms with Crippen molar-refractivity contribution in [3.8, 4) is 17.1 Å². The number of anilines is 1. The number of benzene rings is 2. The zero-order chi connectivity index (χ0) is 16.8. The van der Waals surface area contributed by atoms with Gasteiger partial charge in [0.05, 0.1) is 13.7 Å². The molecule has 0 aliphatic heterocycles. The average molecular weight is 322 g/mol. The molecule has 0 fully saturated rings. The van der Waals surface area contributed by atoms with Crippen LogP contribution in [0.4, 0.5) is 5.69 Å². The Kier molecular flexibility index (Phi) is 4.76. The highest BCUT2D eigenvalue weighted by Crippen LogP contribution is 2.20. The van der Waals surface area contributed by atoms with Crippen LogP contribution in [0.1, 0.15) is 5.69 Å². The molecule has 1 aromatic heterocycles. The van der Waals surface area contributed by atoms with E-state index in [1.54, 1.807) is 7.11 Å². The van der Waals surface area contributed by atoms with Crippen LogP contribution in [-0.2, 0) is 6.54 Å². The summed E-state index contributed by atoms with van der Waals surface area (Å²) in [6, 6.07) is 19.1. The minimum atomic E-state index is 0.310. The highest BCUT2D eigenvalue weighted by atomic mass is 16.5. The summed E-state index contributed by atoms with van der Waals surface area (Å²) in [5.74, 6) is 1.80. The molecule has 0 bridgehead atoms. The van der Waals surface area contributed by atoms with Gasteiger partial charge in [0.15, 0.2) is 11.7 Å². The van der Waals surface area contributed by atoms with Crippen molar-refractivity contribution in [3.05, 3.63) is 66.4 Å². The molecule has 3 N–H and O–H groups in total. The van der Waals surface area contributed by atoms with Crippen molar-refractivity contribution in [2.75, 3.05) is 12.4 Å². The molecule has 0 aliphatic carbocycles. The maximum absolute atomic E-state index is 5.89. The SMILES string of the molecule is COc1ccc(NC(N)=NCc2cc(-c3ccccc3)on2)cc1. The molecule has 0 saturated heterocycles. The van der Waals surface area contributed by atoms with Crippen molar-refractivity contribution in [2.45, 2.75) is 6.54 Å². The van der Waals surface area contributed by atoms with Gasteiger partial charge in [0.1, 0.15) is 11.4 Å². The molecule has 0 amide bonds. The maximum Gasteiger partial charge on any atom is 0.193 e. The van der Waals surface area contributed by atoms with Crippen LogP contribution in [-0.4, -0.2) is 18.2 Å². The summed E-state index contributed by atoms with van der Waals surface area (Å²) in [6.07, 6.45) is 0. The number of hydrogen-bond donors (Lipinski definition) is 2. The summed E-state index contributed by atoms with van der Waals surface area (Å²) in [6.45, 7) is 0.339. The molecule has 6 heteroatoms. The normalized spacial score (nSPS) is 11.3. The van der Waals surface area contributed by atoms with Crippen LogP contribution in [0, 0.1) is 0 Å². The molecular weight excluding hydrogens is 304 g/mol. The second-order valence-electron chi connectivity index (χ2n) is 5.10. The second-order valence-corrected chi connectivity index (χ2v) is 5.10. The van der Waals surface area contributed by atoms with Crippen LogP contribution < -0.4 is 15.8 Å². The number of nitrogens with zero attached hydrogens (tertiary/aromatic N) is 2. The quantitative estimate of drug-likeness (QED) is 0.556. The minimum absolute atomic E-state index is 0.310. The Balaban J connectivity index is 1.61. The van der Waals surface area contributed by atoms with Crippen molar-refractivity contribution < 1.29 is 9.26 Å². The van der Waals surface area contributed by atoms with Gasteiger partial charge in [0.25, 0.3) is 0 Å². The van der Waals surface area contributed by atoms with Crippen molar-refractivity contribution in [1.29, 1.82) is 0 Å². The zero-order valence-corrected chi connectivity index (χ0v) is 13.3. The number of hydrogen-bond acceptors (Lipinski definition) is 4. The number of ether oxygens (including phenoxy) is 1. The monoisotopic (exact) mass is 322 g/mol. The standard InChI is InChI=1S/C18H18N4O2/c1-23-16-9-7-14(8-10-16)21-18(19)20-12-15-11-17(24-22-15)13-5-3-2-4-6-13/h2-11H,12H2,1H3,(H3,19,20,21). The van der Waals surface area contributed by atoms with Gasteiger partial charge in [0.2, 0.25) is 0 Å². The highest BCUT2D eigenvalue weighted by molar-refractivity contribution is 5.92. The summed E-state index contributed by atoms with van der Waals surface area (Å²) in [5, 5.41) is 7.03. The molecule has 0 saturated carbocycles. The first kappa shape index (κ1) is 15.6. The lowest BCUT2D eigenvalue weighted by atomic mass is 10.2. The number of aromatic nitrogens is 1. The third-order valence-corrected chi connectivity index (χ3v) is 3.39. The smallest absolute Gasteiger partial charge is 0.193 e. The third-order valence-electron chi connectivity index (χ3n) is 3.39. The molecule has 1 heterocycles. The molecule has 122 valence electrons. The first-order valence-corrected chi connectivity index (χ1v) is 7.46. The summed E-state index contributed by atoms with van der Waals surface area (Å²) in [5.41, 5.74) is 8.42. The fourth-order valence-corrected chi connectivity index (χ4v) is 2.15. The molecule has 6 nitrogen and oxygen atoms in total. The van der Waals surface area contributed by atoms with E-state index in [-0.39, 0.29) is 0 Å². The number of methoxy groups -OCH3 is 1. The van der Waals surface area contributed by atoms with Crippen LogP contribution in [0.25, 0.3) is 11.3 Å². The van der Waals surface area contributed by atoms with E-state index in [9.17, 15) is 0 Å². The molecule has 0 atom stereocenters. The fourth-order valence-electron chi connectivity index (χ4n) is 2.15. The molecule has 3 aromatic rings. The Morgan fingerprint density at radius 1 is 1.17 bits per heavy atom. The van der Waals surface area contributed by atoms with Gasteiger partial charge in [-0.2, -0.15) is 0 Å². The molecular formula is C18H18N4O2. The van der Waals surface area contributed by atoms with E-state index >= 15 is 0 Å². The van der Waals surface area contributed by atoms with E-state index in [4.69, 9.17) is 15.0 Å².